The van der Waals surface area contributed by atoms with E-state index in [9.17, 15) is 0 Å². The van der Waals surface area contributed by atoms with Crippen molar-refractivity contribution < 1.29 is 9.47 Å². The molecular weight excluding hydrogens is 320 g/mol. The number of halogens is 1. The first kappa shape index (κ1) is 18.0. The largest absolute Gasteiger partial charge is 0.490 e. The minimum Gasteiger partial charge on any atom is -0.490 e. The van der Waals surface area contributed by atoms with Gasteiger partial charge in [0.2, 0.25) is 0 Å². The van der Waals surface area contributed by atoms with E-state index in [0.717, 1.165) is 11.5 Å². The zero-order valence-corrected chi connectivity index (χ0v) is 14.7. The summed E-state index contributed by atoms with van der Waals surface area (Å²) in [5, 5.41) is 0. The maximum Gasteiger partial charge on any atom is 0.148 e. The van der Waals surface area contributed by atoms with E-state index in [-0.39, 0.29) is 12.0 Å². The molecule has 0 atom stereocenters. The summed E-state index contributed by atoms with van der Waals surface area (Å²) in [4.78, 5) is 0. The van der Waals surface area contributed by atoms with Gasteiger partial charge in [0.25, 0.3) is 0 Å². The van der Waals surface area contributed by atoms with Crippen molar-refractivity contribution in [2.24, 2.45) is 0 Å². The predicted molar refractivity (Wildman–Crippen MR) is 99.8 cm³/mol. The highest BCUT2D eigenvalue weighted by molar-refractivity contribution is 6.25. The molecule has 0 amide bonds. The van der Waals surface area contributed by atoms with Crippen LogP contribution in [-0.2, 0) is 5.41 Å². The fourth-order valence-electron chi connectivity index (χ4n) is 2.41. The van der Waals surface area contributed by atoms with Crippen LogP contribution in [0.15, 0.2) is 60.1 Å². The van der Waals surface area contributed by atoms with Gasteiger partial charge in [0.1, 0.15) is 24.7 Å². The topological polar surface area (TPSA) is 18.5 Å². The molecule has 0 saturated carbocycles. The lowest BCUT2D eigenvalue weighted by atomic mass is 9.78. The Balaban J connectivity index is 2.12. The molecule has 124 valence electrons. The molecule has 0 aromatic heterocycles. The average Bonchev–Trinajstić information content (AvgIpc) is 2.61. The fourth-order valence-corrected chi connectivity index (χ4v) is 2.48. The van der Waals surface area contributed by atoms with Crippen LogP contribution in [-0.4, -0.2) is 13.2 Å². The summed E-state index contributed by atoms with van der Waals surface area (Å²) in [5.41, 5.74) is 3.74. The highest BCUT2D eigenvalue weighted by atomic mass is 35.5. The Morgan fingerprint density at radius 1 is 0.958 bits per heavy atom. The van der Waals surface area contributed by atoms with E-state index in [1.807, 2.05) is 24.3 Å². The van der Waals surface area contributed by atoms with Crippen molar-refractivity contribution in [2.45, 2.75) is 19.3 Å². The minimum absolute atomic E-state index is 0.126. The average molecular weight is 341 g/mol. The zero-order valence-electron chi connectivity index (χ0n) is 14.0. The molecule has 0 fully saturated rings. The van der Waals surface area contributed by atoms with E-state index in [2.05, 4.69) is 44.0 Å². The van der Waals surface area contributed by atoms with Gasteiger partial charge in [-0.3, -0.25) is 0 Å². The first-order chi connectivity index (χ1) is 11.6. The quantitative estimate of drug-likeness (QED) is 0.648. The lowest BCUT2D eigenvalue weighted by molar-refractivity contribution is 0.363. The van der Waals surface area contributed by atoms with Gasteiger partial charge >= 0.3 is 0 Å². The lowest BCUT2D eigenvalue weighted by Gasteiger charge is -2.26. The van der Waals surface area contributed by atoms with Gasteiger partial charge in [-0.2, -0.15) is 0 Å². The van der Waals surface area contributed by atoms with E-state index in [0.29, 0.717) is 6.61 Å². The molecule has 2 aromatic carbocycles. The van der Waals surface area contributed by atoms with E-state index >= 15 is 0 Å². The molecule has 0 heterocycles. The van der Waals surface area contributed by atoms with E-state index < -0.39 is 0 Å². The lowest BCUT2D eigenvalue weighted by Crippen LogP contribution is -2.18. The Labute approximate surface area is 149 Å². The third-order valence-electron chi connectivity index (χ3n) is 3.91. The first-order valence-electron chi connectivity index (χ1n) is 7.73. The van der Waals surface area contributed by atoms with Crippen molar-refractivity contribution in [1.29, 1.82) is 0 Å². The van der Waals surface area contributed by atoms with Gasteiger partial charge in [0.05, 0.1) is 0 Å². The van der Waals surface area contributed by atoms with E-state index in [4.69, 9.17) is 27.5 Å². The Kier molecular flexibility index (Phi) is 6.35. The smallest absolute Gasteiger partial charge is 0.148 e. The number of benzene rings is 2. The van der Waals surface area contributed by atoms with Crippen molar-refractivity contribution in [2.75, 3.05) is 13.2 Å². The molecule has 0 unspecified atom stereocenters. The van der Waals surface area contributed by atoms with Crippen LogP contribution >= 0.6 is 11.6 Å². The monoisotopic (exact) mass is 340 g/mol. The molecular formula is C21H21ClO2. The van der Waals surface area contributed by atoms with Gasteiger partial charge in [-0.1, -0.05) is 55.6 Å². The van der Waals surface area contributed by atoms with Gasteiger partial charge in [-0.25, -0.2) is 0 Å². The van der Waals surface area contributed by atoms with Crippen LogP contribution < -0.4 is 9.47 Å². The van der Waals surface area contributed by atoms with Crippen molar-refractivity contribution in [3.63, 3.8) is 0 Å². The molecule has 2 aromatic rings. The van der Waals surface area contributed by atoms with Gasteiger partial charge in [-0.15, -0.1) is 6.42 Å². The molecule has 3 heteroatoms. The molecule has 0 radical (unpaired) electrons. The fraction of sp³-hybridized carbons (Fsp3) is 0.238. The van der Waals surface area contributed by atoms with Crippen molar-refractivity contribution in [1.82, 2.24) is 0 Å². The second kappa shape index (κ2) is 8.47. The van der Waals surface area contributed by atoms with Crippen molar-refractivity contribution >= 4 is 11.6 Å². The summed E-state index contributed by atoms with van der Waals surface area (Å²) in [6, 6.07) is 16.2. The van der Waals surface area contributed by atoms with Crippen molar-refractivity contribution in [3.8, 4) is 23.8 Å². The minimum atomic E-state index is -0.126. The van der Waals surface area contributed by atoms with Crippen LogP contribution in [0.1, 0.15) is 25.0 Å². The van der Waals surface area contributed by atoms with Crippen LogP contribution in [0, 0.1) is 12.3 Å². The molecule has 0 N–H and O–H groups in total. The summed E-state index contributed by atoms with van der Waals surface area (Å²) in [6.45, 7) is 5.13. The second-order valence-corrected chi connectivity index (χ2v) is 6.09. The molecule has 2 nitrogen and oxygen atoms in total. The molecule has 2 rings (SSSR count). The highest BCUT2D eigenvalue weighted by Crippen LogP contribution is 2.33. The molecule has 0 aliphatic rings. The summed E-state index contributed by atoms with van der Waals surface area (Å²) >= 11 is 5.48. The van der Waals surface area contributed by atoms with Crippen LogP contribution in [0.4, 0.5) is 0 Å². The maximum atomic E-state index is 5.57. The molecule has 0 spiro atoms. The number of hydrogen-bond donors (Lipinski definition) is 0. The molecule has 0 aliphatic carbocycles. The van der Waals surface area contributed by atoms with Gasteiger partial charge in [0.15, 0.2) is 0 Å². The third kappa shape index (κ3) is 4.57. The van der Waals surface area contributed by atoms with Crippen LogP contribution in [0.2, 0.25) is 0 Å². The van der Waals surface area contributed by atoms with Gasteiger partial charge < -0.3 is 9.47 Å². The zero-order chi connectivity index (χ0) is 17.4. The van der Waals surface area contributed by atoms with Gasteiger partial charge in [0, 0.05) is 11.0 Å². The number of ether oxygens (including phenoxy) is 2. The van der Waals surface area contributed by atoms with Crippen LogP contribution in [0.5, 0.6) is 11.5 Å². The summed E-state index contributed by atoms with van der Waals surface area (Å²) in [5.74, 6) is 4.07. The number of rotatable bonds is 7. The highest BCUT2D eigenvalue weighted by Gasteiger charge is 2.23. The molecule has 0 saturated heterocycles. The van der Waals surface area contributed by atoms with Gasteiger partial charge in [-0.05, 0) is 41.5 Å². The Morgan fingerprint density at radius 2 is 1.46 bits per heavy atom. The Bertz CT molecular complexity index is 707. The number of terminal acetylenes is 1. The van der Waals surface area contributed by atoms with E-state index in [1.54, 1.807) is 6.08 Å². The Hall–Kier alpha value is -2.37. The van der Waals surface area contributed by atoms with Crippen molar-refractivity contribution in [3.05, 3.63) is 71.3 Å². The summed E-state index contributed by atoms with van der Waals surface area (Å²) in [7, 11) is 0. The standard InChI is InChI=1S/C21H21ClO2/c1-4-15-23-19-10-6-17(7-11-19)21(2,3)18-8-12-20(13-9-18)24-16-5-14-22/h1,5-14H,15-16H2,2-3H3/b14-5+. The SMILES string of the molecule is C#CCOc1ccc(C(C)(C)c2ccc(OC/C=C/Cl)cc2)cc1. The Morgan fingerprint density at radius 3 is 1.92 bits per heavy atom. The molecule has 24 heavy (non-hydrogen) atoms. The first-order valence-corrected chi connectivity index (χ1v) is 8.17. The second-order valence-electron chi connectivity index (χ2n) is 5.84. The molecule has 0 bridgehead atoms. The maximum absolute atomic E-state index is 5.57. The predicted octanol–water partition coefficient (Wildman–Crippen LogP) is 5.16. The third-order valence-corrected chi connectivity index (χ3v) is 4.09. The number of hydrogen-bond acceptors (Lipinski definition) is 2. The normalized spacial score (nSPS) is 11.2. The summed E-state index contributed by atoms with van der Waals surface area (Å²) in [6.07, 6.45) is 6.96. The summed E-state index contributed by atoms with van der Waals surface area (Å²) < 4.78 is 11.0. The van der Waals surface area contributed by atoms with E-state index in [1.165, 1.54) is 16.7 Å². The molecule has 0 aliphatic heterocycles. The van der Waals surface area contributed by atoms with Crippen LogP contribution in [0.25, 0.3) is 0 Å². The van der Waals surface area contributed by atoms with Crippen LogP contribution in [0.3, 0.4) is 0 Å².